The second-order valence-electron chi connectivity index (χ2n) is 4.85. The van der Waals surface area contributed by atoms with E-state index in [4.69, 9.17) is 9.47 Å². The number of ether oxygens (including phenoxy) is 2. The van der Waals surface area contributed by atoms with Crippen molar-refractivity contribution in [1.29, 1.82) is 0 Å². The number of likely N-dealkylation sites (N-methyl/N-ethyl adjacent to an activating group) is 1. The van der Waals surface area contributed by atoms with Crippen LogP contribution in [-0.2, 0) is 14.3 Å². The van der Waals surface area contributed by atoms with Crippen molar-refractivity contribution in [2.75, 3.05) is 40.5 Å². The van der Waals surface area contributed by atoms with E-state index in [2.05, 4.69) is 10.2 Å². The lowest BCUT2D eigenvalue weighted by molar-refractivity contribution is -0.146. The molecule has 0 saturated heterocycles. The minimum atomic E-state index is -0.204. The van der Waals surface area contributed by atoms with E-state index < -0.39 is 0 Å². The van der Waals surface area contributed by atoms with Gasteiger partial charge in [0.15, 0.2) is 0 Å². The summed E-state index contributed by atoms with van der Waals surface area (Å²) in [6, 6.07) is 0.303. The van der Waals surface area contributed by atoms with E-state index in [1.54, 1.807) is 7.11 Å². The van der Waals surface area contributed by atoms with Gasteiger partial charge in [-0.3, -0.25) is 4.79 Å². The van der Waals surface area contributed by atoms with Crippen molar-refractivity contribution in [3.05, 3.63) is 0 Å². The summed E-state index contributed by atoms with van der Waals surface area (Å²) in [7, 11) is 3.73. The lowest BCUT2D eigenvalue weighted by Crippen LogP contribution is -2.47. The first-order valence-electron chi connectivity index (χ1n) is 6.77. The summed E-state index contributed by atoms with van der Waals surface area (Å²) in [5, 5.41) is 3.35. The van der Waals surface area contributed by atoms with E-state index in [1.807, 2.05) is 14.0 Å². The van der Waals surface area contributed by atoms with Crippen LogP contribution in [0.15, 0.2) is 0 Å². The van der Waals surface area contributed by atoms with Gasteiger partial charge in [-0.25, -0.2) is 0 Å². The molecule has 1 N–H and O–H groups in total. The minimum absolute atomic E-state index is 0.136. The second kappa shape index (κ2) is 8.45. The zero-order valence-electron chi connectivity index (χ0n) is 11.8. The molecule has 5 nitrogen and oxygen atoms in total. The molecule has 106 valence electrons. The number of carbonyl (C=O) groups excluding carboxylic acids is 1. The Morgan fingerprint density at radius 3 is 2.78 bits per heavy atom. The van der Waals surface area contributed by atoms with E-state index >= 15 is 0 Å². The lowest BCUT2D eigenvalue weighted by Gasteiger charge is -2.23. The lowest BCUT2D eigenvalue weighted by atomic mass is 10.2. The molecule has 0 spiro atoms. The molecule has 0 aromatic heterocycles. The molecular formula is C13H26N2O3. The van der Waals surface area contributed by atoms with Crippen molar-refractivity contribution in [2.45, 2.75) is 38.3 Å². The van der Waals surface area contributed by atoms with E-state index in [-0.39, 0.29) is 12.0 Å². The quantitative estimate of drug-likeness (QED) is 0.460. The van der Waals surface area contributed by atoms with Gasteiger partial charge in [-0.05, 0) is 33.2 Å². The van der Waals surface area contributed by atoms with Gasteiger partial charge in [0.2, 0.25) is 0 Å². The highest BCUT2D eigenvalue weighted by molar-refractivity contribution is 5.76. The topological polar surface area (TPSA) is 50.8 Å². The summed E-state index contributed by atoms with van der Waals surface area (Å²) in [6.45, 7) is 4.66. The Bertz CT molecular complexity index is 244. The Kier molecular flexibility index (Phi) is 7.23. The molecule has 1 fully saturated rings. The summed E-state index contributed by atoms with van der Waals surface area (Å²) >= 11 is 0. The number of carbonyl (C=O) groups is 1. The summed E-state index contributed by atoms with van der Waals surface area (Å²) in [4.78, 5) is 14.0. The number of nitrogens with zero attached hydrogens (tertiary/aromatic N) is 1. The Balaban J connectivity index is 2.31. The maximum absolute atomic E-state index is 11.8. The van der Waals surface area contributed by atoms with Crippen molar-refractivity contribution >= 4 is 5.97 Å². The first kappa shape index (κ1) is 15.4. The molecule has 5 heteroatoms. The molecule has 0 aromatic rings. The summed E-state index contributed by atoms with van der Waals surface area (Å²) < 4.78 is 10.1. The first-order valence-corrected chi connectivity index (χ1v) is 6.77. The van der Waals surface area contributed by atoms with Gasteiger partial charge in [-0.2, -0.15) is 0 Å². The molecule has 0 aliphatic heterocycles. The zero-order valence-corrected chi connectivity index (χ0v) is 11.8. The molecule has 1 atom stereocenters. The molecule has 0 bridgehead atoms. The number of methoxy groups -OCH3 is 1. The number of hydrogen-bond donors (Lipinski definition) is 1. The normalized spacial score (nSPS) is 16.9. The maximum atomic E-state index is 11.8. The molecule has 0 radical (unpaired) electrons. The summed E-state index contributed by atoms with van der Waals surface area (Å²) in [5.41, 5.74) is 0. The van der Waals surface area contributed by atoms with Crippen LogP contribution in [0.25, 0.3) is 0 Å². The van der Waals surface area contributed by atoms with Gasteiger partial charge in [-0.15, -0.1) is 0 Å². The molecular weight excluding hydrogens is 232 g/mol. The van der Waals surface area contributed by atoms with Gasteiger partial charge in [0, 0.05) is 32.8 Å². The van der Waals surface area contributed by atoms with E-state index in [0.29, 0.717) is 19.2 Å². The number of esters is 1. The van der Waals surface area contributed by atoms with Gasteiger partial charge in [0.1, 0.15) is 6.04 Å². The molecule has 0 amide bonds. The third-order valence-electron chi connectivity index (χ3n) is 2.97. The molecule has 0 aromatic carbocycles. The van der Waals surface area contributed by atoms with Crippen LogP contribution < -0.4 is 5.32 Å². The van der Waals surface area contributed by atoms with Crippen LogP contribution in [0.1, 0.15) is 26.2 Å². The third-order valence-corrected chi connectivity index (χ3v) is 2.97. The molecule has 1 saturated carbocycles. The van der Waals surface area contributed by atoms with Crippen LogP contribution in [0.3, 0.4) is 0 Å². The van der Waals surface area contributed by atoms with E-state index in [1.165, 1.54) is 12.8 Å². The van der Waals surface area contributed by atoms with E-state index in [0.717, 1.165) is 19.6 Å². The van der Waals surface area contributed by atoms with Crippen LogP contribution >= 0.6 is 0 Å². The van der Waals surface area contributed by atoms with Gasteiger partial charge >= 0.3 is 5.97 Å². The Hall–Kier alpha value is -0.650. The van der Waals surface area contributed by atoms with Crippen molar-refractivity contribution in [3.63, 3.8) is 0 Å². The monoisotopic (exact) mass is 258 g/mol. The van der Waals surface area contributed by atoms with Crippen molar-refractivity contribution < 1.29 is 14.3 Å². The van der Waals surface area contributed by atoms with Gasteiger partial charge < -0.3 is 19.7 Å². The molecule has 0 heterocycles. The fraction of sp³-hybridized carbons (Fsp3) is 0.923. The predicted molar refractivity (Wildman–Crippen MR) is 70.6 cm³/mol. The number of nitrogens with one attached hydrogen (secondary N) is 1. The Morgan fingerprint density at radius 2 is 2.22 bits per heavy atom. The fourth-order valence-corrected chi connectivity index (χ4v) is 1.85. The Labute approximate surface area is 110 Å². The highest BCUT2D eigenvalue weighted by atomic mass is 16.5. The Morgan fingerprint density at radius 1 is 1.50 bits per heavy atom. The van der Waals surface area contributed by atoms with Crippen LogP contribution in [0.2, 0.25) is 0 Å². The average Bonchev–Trinajstić information content (AvgIpc) is 3.13. The number of rotatable bonds is 10. The van der Waals surface area contributed by atoms with E-state index in [9.17, 15) is 4.79 Å². The highest BCUT2D eigenvalue weighted by Gasteiger charge is 2.29. The number of hydrogen-bond acceptors (Lipinski definition) is 5. The predicted octanol–water partition coefficient (Wildman–Crippen LogP) is 0.638. The molecule has 1 unspecified atom stereocenters. The zero-order chi connectivity index (χ0) is 13.4. The van der Waals surface area contributed by atoms with Crippen molar-refractivity contribution in [1.82, 2.24) is 10.2 Å². The van der Waals surface area contributed by atoms with Gasteiger partial charge in [0.05, 0.1) is 6.61 Å². The molecule has 1 rings (SSSR count). The van der Waals surface area contributed by atoms with Crippen LogP contribution in [0.4, 0.5) is 0 Å². The standard InChI is InChI=1S/C13H26N2O3/c1-4-18-13(16)12(14-11-6-7-11)10-15(2)8-5-9-17-3/h11-12,14H,4-10H2,1-3H3. The maximum Gasteiger partial charge on any atom is 0.324 e. The van der Waals surface area contributed by atoms with Crippen LogP contribution in [0.5, 0.6) is 0 Å². The van der Waals surface area contributed by atoms with Crippen LogP contribution in [-0.4, -0.2) is 63.4 Å². The van der Waals surface area contributed by atoms with Crippen molar-refractivity contribution in [3.8, 4) is 0 Å². The van der Waals surface area contributed by atoms with Crippen molar-refractivity contribution in [2.24, 2.45) is 0 Å². The minimum Gasteiger partial charge on any atom is -0.465 e. The summed E-state index contributed by atoms with van der Waals surface area (Å²) in [5.74, 6) is -0.136. The smallest absolute Gasteiger partial charge is 0.324 e. The first-order chi connectivity index (χ1) is 8.67. The largest absolute Gasteiger partial charge is 0.465 e. The molecule has 1 aliphatic carbocycles. The fourth-order valence-electron chi connectivity index (χ4n) is 1.85. The molecule has 18 heavy (non-hydrogen) atoms. The third kappa shape index (κ3) is 6.33. The average molecular weight is 258 g/mol. The summed E-state index contributed by atoms with van der Waals surface area (Å²) in [6.07, 6.45) is 3.32. The van der Waals surface area contributed by atoms with Gasteiger partial charge in [-0.1, -0.05) is 0 Å². The second-order valence-corrected chi connectivity index (χ2v) is 4.85. The van der Waals surface area contributed by atoms with Crippen LogP contribution in [0, 0.1) is 0 Å². The molecule has 1 aliphatic rings. The van der Waals surface area contributed by atoms with Gasteiger partial charge in [0.25, 0.3) is 0 Å². The SMILES string of the molecule is CCOC(=O)C(CN(C)CCCOC)NC1CC1. The highest BCUT2D eigenvalue weighted by Crippen LogP contribution is 2.19.